The maximum Gasteiger partial charge on any atom is 0.418 e. The minimum atomic E-state index is -4.61. The summed E-state index contributed by atoms with van der Waals surface area (Å²) in [4.78, 5) is 32.0. The smallest absolute Gasteiger partial charge is 0.386 e. The number of pyridine rings is 1. The Morgan fingerprint density at radius 3 is 2.63 bits per heavy atom. The molecule has 4 rings (SSSR count). The Hall–Kier alpha value is -3.33. The van der Waals surface area contributed by atoms with Gasteiger partial charge in [0.1, 0.15) is 0 Å². The molecule has 1 fully saturated rings. The third-order valence-corrected chi connectivity index (χ3v) is 6.63. The minimum absolute atomic E-state index is 0.0907. The second-order valence-electron chi connectivity index (χ2n) is 8.40. The third kappa shape index (κ3) is 5.19. The van der Waals surface area contributed by atoms with Crippen LogP contribution in [0.25, 0.3) is 10.9 Å². The van der Waals surface area contributed by atoms with Crippen molar-refractivity contribution in [2.24, 2.45) is 0 Å². The largest absolute Gasteiger partial charge is 0.418 e. The Balaban J connectivity index is 1.47. The monoisotopic (exact) mass is 504 g/mol. The summed E-state index contributed by atoms with van der Waals surface area (Å²) in [6.07, 6.45) is -1.64. The summed E-state index contributed by atoms with van der Waals surface area (Å²) in [5.41, 5.74) is 0.688. The highest BCUT2D eigenvalue weighted by atomic mass is 35.5. The van der Waals surface area contributed by atoms with E-state index in [-0.39, 0.29) is 23.7 Å². The number of alkyl halides is 3. The fraction of sp³-hybridized carbons (Fsp3) is 0.320. The van der Waals surface area contributed by atoms with Gasteiger partial charge in [-0.3, -0.25) is 14.6 Å². The number of aromatic nitrogens is 1. The number of rotatable bonds is 6. The van der Waals surface area contributed by atoms with E-state index in [9.17, 15) is 22.8 Å². The number of likely N-dealkylation sites (tertiary alicyclic amines) is 1. The van der Waals surface area contributed by atoms with Gasteiger partial charge < -0.3 is 15.1 Å². The van der Waals surface area contributed by atoms with Crippen LogP contribution in [0, 0.1) is 0 Å². The highest BCUT2D eigenvalue weighted by molar-refractivity contribution is 6.35. The molecular formula is C25H24ClF3N4O2. The van der Waals surface area contributed by atoms with E-state index in [1.807, 2.05) is 18.2 Å². The number of piperidine rings is 1. The number of carbonyl (C=O) groups excluding carboxylic acids is 2. The highest BCUT2D eigenvalue weighted by Crippen LogP contribution is 2.42. The molecule has 0 atom stereocenters. The maximum atomic E-state index is 13.7. The predicted octanol–water partition coefficient (Wildman–Crippen LogP) is 5.15. The number of para-hydroxylation sites is 1. The van der Waals surface area contributed by atoms with Crippen LogP contribution in [0.5, 0.6) is 0 Å². The SMILES string of the molecule is CNc1cccc(C(F)(F)F)c1N(C=O)C1CCN(C(=O)Cc2ccc3nccc(Cl)c3c2)CC1. The first-order chi connectivity index (χ1) is 16.7. The van der Waals surface area contributed by atoms with Crippen LogP contribution in [0.3, 0.4) is 0 Å². The second kappa shape index (κ2) is 10.1. The fourth-order valence-electron chi connectivity index (χ4n) is 4.52. The molecule has 10 heteroatoms. The first-order valence-corrected chi connectivity index (χ1v) is 11.5. The van der Waals surface area contributed by atoms with Crippen LogP contribution >= 0.6 is 11.6 Å². The number of amides is 2. The lowest BCUT2D eigenvalue weighted by Gasteiger charge is -2.38. The molecule has 0 aliphatic carbocycles. The Morgan fingerprint density at radius 1 is 1.23 bits per heavy atom. The van der Waals surface area contributed by atoms with Gasteiger partial charge in [-0.25, -0.2) is 0 Å². The topological polar surface area (TPSA) is 65.5 Å². The molecule has 0 unspecified atom stereocenters. The summed E-state index contributed by atoms with van der Waals surface area (Å²) in [5.74, 6) is -0.0907. The van der Waals surface area contributed by atoms with Crippen molar-refractivity contribution in [3.63, 3.8) is 0 Å². The molecule has 2 amide bonds. The molecule has 1 saturated heterocycles. The number of anilines is 2. The summed E-state index contributed by atoms with van der Waals surface area (Å²) >= 11 is 6.24. The molecule has 1 N–H and O–H groups in total. The van der Waals surface area contributed by atoms with Crippen LogP contribution in [0.15, 0.2) is 48.7 Å². The Kier molecular flexibility index (Phi) is 7.16. The molecule has 2 aromatic carbocycles. The lowest BCUT2D eigenvalue weighted by atomic mass is 9.99. The van der Waals surface area contributed by atoms with Crippen LogP contribution in [-0.2, 0) is 22.2 Å². The molecule has 2 heterocycles. The molecule has 3 aromatic rings. The zero-order valence-corrected chi connectivity index (χ0v) is 19.7. The Bertz CT molecular complexity index is 1240. The van der Waals surface area contributed by atoms with Gasteiger partial charge in [-0.15, -0.1) is 0 Å². The fourth-order valence-corrected chi connectivity index (χ4v) is 4.73. The summed E-state index contributed by atoms with van der Waals surface area (Å²) < 4.78 is 41.1. The number of halogens is 4. The van der Waals surface area contributed by atoms with E-state index >= 15 is 0 Å². The van der Waals surface area contributed by atoms with Crippen molar-refractivity contribution in [3.05, 3.63) is 64.8 Å². The van der Waals surface area contributed by atoms with Crippen molar-refractivity contribution in [1.29, 1.82) is 0 Å². The second-order valence-corrected chi connectivity index (χ2v) is 8.80. The van der Waals surface area contributed by atoms with E-state index in [0.717, 1.165) is 27.4 Å². The van der Waals surface area contributed by atoms with Gasteiger partial charge in [0.15, 0.2) is 0 Å². The lowest BCUT2D eigenvalue weighted by molar-refractivity contribution is -0.137. The third-order valence-electron chi connectivity index (χ3n) is 6.30. The van der Waals surface area contributed by atoms with E-state index in [1.54, 1.807) is 17.2 Å². The number of benzene rings is 2. The van der Waals surface area contributed by atoms with Crippen molar-refractivity contribution in [2.45, 2.75) is 31.5 Å². The zero-order chi connectivity index (χ0) is 25.2. The molecular weight excluding hydrogens is 481 g/mol. The van der Waals surface area contributed by atoms with Gasteiger partial charge >= 0.3 is 6.18 Å². The average molecular weight is 505 g/mol. The number of nitrogens with zero attached hydrogens (tertiary/aromatic N) is 3. The minimum Gasteiger partial charge on any atom is -0.386 e. The van der Waals surface area contributed by atoms with Crippen molar-refractivity contribution < 1.29 is 22.8 Å². The van der Waals surface area contributed by atoms with E-state index in [1.165, 1.54) is 19.2 Å². The van der Waals surface area contributed by atoms with Gasteiger partial charge in [0.2, 0.25) is 12.3 Å². The number of nitrogens with one attached hydrogen (secondary N) is 1. The standard InChI is InChI=1S/C25H24ClF3N4O2/c1-30-22-4-2-3-19(25(27,28)29)24(22)33(15-34)17-8-11-32(12-9-17)23(35)14-16-5-6-21-18(13-16)20(26)7-10-31-21/h2-7,10,13,15,17,30H,8-9,11-12,14H2,1H3. The molecule has 0 spiro atoms. The Morgan fingerprint density at radius 2 is 1.97 bits per heavy atom. The van der Waals surface area contributed by atoms with E-state index in [0.29, 0.717) is 37.4 Å². The molecule has 0 radical (unpaired) electrons. The van der Waals surface area contributed by atoms with Crippen molar-refractivity contribution in [1.82, 2.24) is 9.88 Å². The first kappa shape index (κ1) is 24.8. The summed E-state index contributed by atoms with van der Waals surface area (Å²) in [5, 5.41) is 4.08. The quantitative estimate of drug-likeness (QED) is 0.472. The highest BCUT2D eigenvalue weighted by Gasteiger charge is 2.38. The molecule has 1 aliphatic heterocycles. The molecule has 184 valence electrons. The summed E-state index contributed by atoms with van der Waals surface area (Å²) in [6.45, 7) is 0.680. The van der Waals surface area contributed by atoms with Gasteiger partial charge in [-0.1, -0.05) is 23.7 Å². The zero-order valence-electron chi connectivity index (χ0n) is 19.0. The molecule has 0 bridgehead atoms. The van der Waals surface area contributed by atoms with Crippen molar-refractivity contribution >= 4 is 46.2 Å². The number of carbonyl (C=O) groups is 2. The van der Waals surface area contributed by atoms with Gasteiger partial charge in [0.25, 0.3) is 0 Å². The van der Waals surface area contributed by atoms with E-state index < -0.39 is 17.8 Å². The molecule has 0 saturated carbocycles. The van der Waals surface area contributed by atoms with E-state index in [2.05, 4.69) is 10.3 Å². The van der Waals surface area contributed by atoms with E-state index in [4.69, 9.17) is 11.6 Å². The van der Waals surface area contributed by atoms with Crippen molar-refractivity contribution in [3.8, 4) is 0 Å². The van der Waals surface area contributed by atoms with Gasteiger partial charge in [-0.2, -0.15) is 13.2 Å². The summed E-state index contributed by atoms with van der Waals surface area (Å²) in [6, 6.07) is 10.5. The predicted molar refractivity (Wildman–Crippen MR) is 130 cm³/mol. The number of fused-ring (bicyclic) bond motifs is 1. The van der Waals surface area contributed by atoms with Gasteiger partial charge in [0.05, 0.1) is 33.9 Å². The summed E-state index contributed by atoms with van der Waals surface area (Å²) in [7, 11) is 1.51. The number of hydrogen-bond acceptors (Lipinski definition) is 4. The van der Waals surface area contributed by atoms with Crippen LogP contribution < -0.4 is 10.2 Å². The Labute approximate surface area is 205 Å². The van der Waals surface area contributed by atoms with Crippen LogP contribution in [0.2, 0.25) is 5.02 Å². The molecule has 1 aliphatic rings. The van der Waals surface area contributed by atoms with Crippen LogP contribution in [0.1, 0.15) is 24.0 Å². The van der Waals surface area contributed by atoms with Crippen LogP contribution in [-0.4, -0.2) is 48.4 Å². The lowest BCUT2D eigenvalue weighted by Crippen LogP contribution is -2.47. The average Bonchev–Trinajstić information content (AvgIpc) is 2.85. The van der Waals surface area contributed by atoms with Crippen molar-refractivity contribution in [2.75, 3.05) is 30.4 Å². The molecule has 35 heavy (non-hydrogen) atoms. The van der Waals surface area contributed by atoms with Gasteiger partial charge in [0, 0.05) is 37.8 Å². The molecule has 6 nitrogen and oxygen atoms in total. The van der Waals surface area contributed by atoms with Crippen LogP contribution in [0.4, 0.5) is 24.5 Å². The first-order valence-electron chi connectivity index (χ1n) is 11.2. The normalized spacial score (nSPS) is 14.7. The van der Waals surface area contributed by atoms with Gasteiger partial charge in [-0.05, 0) is 48.7 Å². The molecule has 1 aromatic heterocycles. The number of hydrogen-bond donors (Lipinski definition) is 1. The maximum absolute atomic E-state index is 13.7.